The monoisotopic (exact) mass is 146 g/mol. The summed E-state index contributed by atoms with van der Waals surface area (Å²) in [5.41, 5.74) is 0. The maximum atomic E-state index is 12.7. The predicted octanol–water partition coefficient (Wildman–Crippen LogP) is 1.46. The van der Waals surface area contributed by atoms with Crippen molar-refractivity contribution in [2.24, 2.45) is 11.8 Å². The molecule has 0 unspecified atom stereocenters. The van der Waals surface area contributed by atoms with Crippen LogP contribution in [0.3, 0.4) is 0 Å². The zero-order valence-corrected chi connectivity index (χ0v) is 5.88. The van der Waals surface area contributed by atoms with Crippen LogP contribution in [0.1, 0.15) is 19.8 Å². The molecule has 0 aromatic carbocycles. The molecule has 0 spiro atoms. The van der Waals surface area contributed by atoms with Gasteiger partial charge in [0.2, 0.25) is 0 Å². The molecule has 0 bridgehead atoms. The van der Waals surface area contributed by atoms with Crippen molar-refractivity contribution < 1.29 is 14.3 Å². The van der Waals surface area contributed by atoms with Crippen LogP contribution in [0, 0.1) is 11.8 Å². The second kappa shape index (κ2) is 2.56. The molecule has 1 saturated carbocycles. The van der Waals surface area contributed by atoms with E-state index in [0.717, 1.165) is 0 Å². The summed E-state index contributed by atoms with van der Waals surface area (Å²) in [6, 6.07) is 0. The third-order valence-electron chi connectivity index (χ3n) is 2.19. The van der Waals surface area contributed by atoms with Crippen molar-refractivity contribution in [2.45, 2.75) is 25.9 Å². The largest absolute Gasteiger partial charge is 0.481 e. The quantitative estimate of drug-likeness (QED) is 0.608. The molecule has 1 aliphatic carbocycles. The van der Waals surface area contributed by atoms with Crippen LogP contribution < -0.4 is 0 Å². The Labute approximate surface area is 59.0 Å². The number of carboxylic acids is 1. The van der Waals surface area contributed by atoms with Gasteiger partial charge in [-0.1, -0.05) is 6.92 Å². The molecule has 0 heterocycles. The van der Waals surface area contributed by atoms with E-state index in [2.05, 4.69) is 0 Å². The second-order valence-corrected chi connectivity index (χ2v) is 2.93. The minimum absolute atomic E-state index is 0.00694. The molecule has 1 aliphatic rings. The number of carbonyl (C=O) groups is 1. The van der Waals surface area contributed by atoms with Crippen molar-refractivity contribution in [3.8, 4) is 0 Å². The fourth-order valence-electron chi connectivity index (χ4n) is 1.54. The number of hydrogen-bond donors (Lipinski definition) is 1. The lowest BCUT2D eigenvalue weighted by Gasteiger charge is -2.10. The topological polar surface area (TPSA) is 37.3 Å². The first kappa shape index (κ1) is 7.51. The molecule has 2 nitrogen and oxygen atoms in total. The minimum Gasteiger partial charge on any atom is -0.481 e. The van der Waals surface area contributed by atoms with Gasteiger partial charge in [-0.2, -0.15) is 0 Å². The molecule has 1 fully saturated rings. The van der Waals surface area contributed by atoms with Gasteiger partial charge >= 0.3 is 5.97 Å². The average Bonchev–Trinajstić information content (AvgIpc) is 2.11. The van der Waals surface area contributed by atoms with Crippen molar-refractivity contribution >= 4 is 5.97 Å². The van der Waals surface area contributed by atoms with E-state index < -0.39 is 18.1 Å². The zero-order valence-electron chi connectivity index (χ0n) is 5.88. The van der Waals surface area contributed by atoms with E-state index in [-0.39, 0.29) is 5.92 Å². The smallest absolute Gasteiger partial charge is 0.309 e. The van der Waals surface area contributed by atoms with Crippen molar-refractivity contribution in [3.05, 3.63) is 0 Å². The highest BCUT2D eigenvalue weighted by Crippen LogP contribution is 2.33. The molecule has 3 atom stereocenters. The molecular formula is C7H11FO2. The Balaban J connectivity index is 2.63. The Hall–Kier alpha value is -0.600. The van der Waals surface area contributed by atoms with Crippen LogP contribution in [0.25, 0.3) is 0 Å². The maximum absolute atomic E-state index is 12.7. The Morgan fingerprint density at radius 3 is 2.40 bits per heavy atom. The Kier molecular flexibility index (Phi) is 1.92. The molecule has 0 saturated heterocycles. The standard InChI is InChI=1S/C7H11FO2/c1-4-2-3-5(8)6(4)7(9)10/h4-6H,2-3H2,1H3,(H,9,10)/t4-,5+,6-/m1/s1. The van der Waals surface area contributed by atoms with E-state index in [4.69, 9.17) is 5.11 Å². The molecule has 0 amide bonds. The van der Waals surface area contributed by atoms with E-state index >= 15 is 0 Å². The molecule has 0 aliphatic heterocycles. The summed E-state index contributed by atoms with van der Waals surface area (Å²) in [6.07, 6.45) is 0.00324. The lowest BCUT2D eigenvalue weighted by molar-refractivity contribution is -0.144. The highest BCUT2D eigenvalue weighted by atomic mass is 19.1. The first-order chi connectivity index (χ1) is 4.63. The fourth-order valence-corrected chi connectivity index (χ4v) is 1.54. The van der Waals surface area contributed by atoms with Gasteiger partial charge < -0.3 is 5.11 Å². The van der Waals surface area contributed by atoms with Crippen LogP contribution in [0.5, 0.6) is 0 Å². The summed E-state index contributed by atoms with van der Waals surface area (Å²) < 4.78 is 12.7. The minimum atomic E-state index is -1.12. The number of aliphatic carboxylic acids is 1. The zero-order chi connectivity index (χ0) is 7.72. The van der Waals surface area contributed by atoms with Gasteiger partial charge in [0.1, 0.15) is 6.17 Å². The van der Waals surface area contributed by atoms with E-state index in [9.17, 15) is 9.18 Å². The average molecular weight is 146 g/mol. The van der Waals surface area contributed by atoms with Crippen LogP contribution in [-0.2, 0) is 4.79 Å². The summed E-state index contributed by atoms with van der Waals surface area (Å²) in [6.45, 7) is 1.79. The Bertz CT molecular complexity index is 137. The molecule has 0 aromatic heterocycles. The van der Waals surface area contributed by atoms with Gasteiger partial charge in [0.15, 0.2) is 0 Å². The summed E-state index contributed by atoms with van der Waals surface area (Å²) in [4.78, 5) is 10.4. The fraction of sp³-hybridized carbons (Fsp3) is 0.857. The normalized spacial score (nSPS) is 40.0. The third kappa shape index (κ3) is 1.13. The van der Waals surface area contributed by atoms with Gasteiger partial charge in [0.05, 0.1) is 5.92 Å². The van der Waals surface area contributed by atoms with E-state index in [1.807, 2.05) is 0 Å². The number of carboxylic acid groups (broad SMARTS) is 1. The van der Waals surface area contributed by atoms with Gasteiger partial charge in [-0.3, -0.25) is 4.79 Å². The second-order valence-electron chi connectivity index (χ2n) is 2.93. The molecule has 58 valence electrons. The summed E-state index contributed by atoms with van der Waals surface area (Å²) in [5, 5.41) is 8.51. The number of alkyl halides is 1. The van der Waals surface area contributed by atoms with Crippen LogP contribution in [0.2, 0.25) is 0 Å². The summed E-state index contributed by atoms with van der Waals surface area (Å²) in [7, 11) is 0. The van der Waals surface area contributed by atoms with Crippen molar-refractivity contribution in [3.63, 3.8) is 0 Å². The van der Waals surface area contributed by atoms with Gasteiger partial charge in [0.25, 0.3) is 0 Å². The van der Waals surface area contributed by atoms with Crippen molar-refractivity contribution in [1.29, 1.82) is 0 Å². The predicted molar refractivity (Wildman–Crippen MR) is 34.4 cm³/mol. The van der Waals surface area contributed by atoms with Gasteiger partial charge in [0, 0.05) is 0 Å². The summed E-state index contributed by atoms with van der Waals surface area (Å²) in [5.74, 6) is -1.73. The van der Waals surface area contributed by atoms with Crippen LogP contribution in [0.4, 0.5) is 4.39 Å². The molecular weight excluding hydrogens is 135 g/mol. The summed E-state index contributed by atoms with van der Waals surface area (Å²) >= 11 is 0. The van der Waals surface area contributed by atoms with Gasteiger partial charge in [-0.15, -0.1) is 0 Å². The molecule has 3 heteroatoms. The van der Waals surface area contributed by atoms with E-state index in [1.165, 1.54) is 0 Å². The van der Waals surface area contributed by atoms with E-state index in [0.29, 0.717) is 12.8 Å². The lowest BCUT2D eigenvalue weighted by Crippen LogP contribution is -2.23. The molecule has 10 heavy (non-hydrogen) atoms. The van der Waals surface area contributed by atoms with E-state index in [1.54, 1.807) is 6.92 Å². The number of rotatable bonds is 1. The Morgan fingerprint density at radius 1 is 1.60 bits per heavy atom. The highest BCUT2D eigenvalue weighted by molar-refractivity contribution is 5.71. The van der Waals surface area contributed by atoms with Gasteiger partial charge in [-0.05, 0) is 18.8 Å². The van der Waals surface area contributed by atoms with Crippen LogP contribution in [0.15, 0.2) is 0 Å². The van der Waals surface area contributed by atoms with Crippen LogP contribution >= 0.6 is 0 Å². The number of hydrogen-bond acceptors (Lipinski definition) is 1. The number of halogens is 1. The first-order valence-corrected chi connectivity index (χ1v) is 3.50. The van der Waals surface area contributed by atoms with Crippen molar-refractivity contribution in [2.75, 3.05) is 0 Å². The molecule has 1 rings (SSSR count). The highest BCUT2D eigenvalue weighted by Gasteiger charge is 2.38. The lowest BCUT2D eigenvalue weighted by atomic mass is 9.98. The first-order valence-electron chi connectivity index (χ1n) is 3.50. The molecule has 0 aromatic rings. The maximum Gasteiger partial charge on any atom is 0.309 e. The Morgan fingerprint density at radius 2 is 2.20 bits per heavy atom. The van der Waals surface area contributed by atoms with Gasteiger partial charge in [-0.25, -0.2) is 4.39 Å². The van der Waals surface area contributed by atoms with Crippen LogP contribution in [-0.4, -0.2) is 17.2 Å². The molecule has 0 radical (unpaired) electrons. The third-order valence-corrected chi connectivity index (χ3v) is 2.19. The molecule has 1 N–H and O–H groups in total. The SMILES string of the molecule is C[C@@H]1CC[C@H](F)[C@@H]1C(=O)O. The van der Waals surface area contributed by atoms with Crippen molar-refractivity contribution in [1.82, 2.24) is 0 Å².